The van der Waals surface area contributed by atoms with E-state index in [0.29, 0.717) is 36.9 Å². The predicted octanol–water partition coefficient (Wildman–Crippen LogP) is 1.70. The second kappa shape index (κ2) is 6.56. The molecule has 0 bridgehead atoms. The van der Waals surface area contributed by atoms with Gasteiger partial charge in [0.05, 0.1) is 13.0 Å². The van der Waals surface area contributed by atoms with E-state index in [9.17, 15) is 4.79 Å². The van der Waals surface area contributed by atoms with E-state index in [0.717, 1.165) is 5.52 Å². The molecule has 20 heavy (non-hydrogen) atoms. The van der Waals surface area contributed by atoms with E-state index < -0.39 is 0 Å². The summed E-state index contributed by atoms with van der Waals surface area (Å²) in [6.45, 7) is 3.00. The topological polar surface area (TPSA) is 69.0 Å². The number of halogens is 1. The van der Waals surface area contributed by atoms with Crippen LogP contribution >= 0.6 is 11.6 Å². The third kappa shape index (κ3) is 3.01. The number of imidazole rings is 1. The highest BCUT2D eigenvalue weighted by Gasteiger charge is 2.13. The molecule has 0 aliphatic heterocycles. The molecule has 0 saturated carbocycles. The lowest BCUT2D eigenvalue weighted by Crippen LogP contribution is -2.24. The number of ether oxygens (including phenoxy) is 1. The Hall–Kier alpha value is -1.82. The number of hydrogen-bond acceptors (Lipinski definition) is 4. The molecule has 0 spiro atoms. The average molecular weight is 297 g/mol. The van der Waals surface area contributed by atoms with Crippen LogP contribution in [0.2, 0.25) is 0 Å². The fraction of sp³-hybridized carbons (Fsp3) is 0.462. The number of rotatable bonds is 6. The van der Waals surface area contributed by atoms with E-state index in [1.165, 1.54) is 0 Å². The van der Waals surface area contributed by atoms with E-state index in [1.807, 2.05) is 17.6 Å². The fourth-order valence-corrected chi connectivity index (χ4v) is 2.18. The largest absolute Gasteiger partial charge is 0.481 e. The first kappa shape index (κ1) is 14.6. The molecule has 0 atom stereocenters. The van der Waals surface area contributed by atoms with Crippen molar-refractivity contribution in [3.8, 4) is 5.88 Å². The van der Waals surface area contributed by atoms with Gasteiger partial charge in [-0.15, -0.1) is 11.6 Å². The number of hydrogen-bond donors (Lipinski definition) is 1. The lowest BCUT2D eigenvalue weighted by Gasteiger charge is -2.07. The number of nitrogens with one attached hydrogen (secondary N) is 1. The standard InChI is InChI=1S/C13H17ClN4O2/c1-3-15-11(19)6-7-18-10(8-14)16-9-4-5-12(20-2)17-13(9)18/h4-5H,3,6-8H2,1-2H3,(H,15,19). The van der Waals surface area contributed by atoms with Crippen molar-refractivity contribution in [2.45, 2.75) is 25.8 Å². The van der Waals surface area contributed by atoms with Crippen LogP contribution in [0.3, 0.4) is 0 Å². The first-order chi connectivity index (χ1) is 9.69. The summed E-state index contributed by atoms with van der Waals surface area (Å²) in [5, 5.41) is 2.77. The first-order valence-corrected chi connectivity index (χ1v) is 6.95. The van der Waals surface area contributed by atoms with Crippen molar-refractivity contribution < 1.29 is 9.53 Å². The zero-order valence-electron chi connectivity index (χ0n) is 11.5. The minimum atomic E-state index is -0.00207. The molecule has 1 N–H and O–H groups in total. The average Bonchev–Trinajstić information content (AvgIpc) is 2.82. The summed E-state index contributed by atoms with van der Waals surface area (Å²) in [4.78, 5) is 20.4. The van der Waals surface area contributed by atoms with E-state index in [1.54, 1.807) is 13.2 Å². The normalized spacial score (nSPS) is 10.8. The highest BCUT2D eigenvalue weighted by Crippen LogP contribution is 2.19. The number of carbonyl (C=O) groups is 1. The van der Waals surface area contributed by atoms with Gasteiger partial charge in [0.1, 0.15) is 11.3 Å². The summed E-state index contributed by atoms with van der Waals surface area (Å²) >= 11 is 5.91. The highest BCUT2D eigenvalue weighted by molar-refractivity contribution is 6.16. The van der Waals surface area contributed by atoms with Crippen molar-refractivity contribution in [2.75, 3.05) is 13.7 Å². The smallest absolute Gasteiger partial charge is 0.221 e. The Bertz CT molecular complexity index is 612. The zero-order valence-corrected chi connectivity index (χ0v) is 12.3. The molecular weight excluding hydrogens is 280 g/mol. The summed E-state index contributed by atoms with van der Waals surface area (Å²) in [5.74, 6) is 1.48. The maximum Gasteiger partial charge on any atom is 0.221 e. The Labute approximate surface area is 122 Å². The molecule has 1 amide bonds. The molecule has 0 aliphatic rings. The zero-order chi connectivity index (χ0) is 14.5. The summed E-state index contributed by atoms with van der Waals surface area (Å²) in [7, 11) is 1.56. The molecule has 0 saturated heterocycles. The molecule has 0 aromatic carbocycles. The van der Waals surface area contributed by atoms with Crippen LogP contribution in [0.15, 0.2) is 12.1 Å². The quantitative estimate of drug-likeness (QED) is 0.824. The van der Waals surface area contributed by atoms with Gasteiger partial charge in [-0.2, -0.15) is 4.98 Å². The molecule has 7 heteroatoms. The van der Waals surface area contributed by atoms with Crippen molar-refractivity contribution in [1.29, 1.82) is 0 Å². The minimum absolute atomic E-state index is 0.00207. The van der Waals surface area contributed by atoms with Crippen LogP contribution in [0.4, 0.5) is 0 Å². The SMILES string of the molecule is CCNC(=O)CCn1c(CCl)nc2ccc(OC)nc21. The van der Waals surface area contributed by atoms with Crippen molar-refractivity contribution in [3.05, 3.63) is 18.0 Å². The van der Waals surface area contributed by atoms with Crippen LogP contribution < -0.4 is 10.1 Å². The van der Waals surface area contributed by atoms with Gasteiger partial charge in [0.2, 0.25) is 11.8 Å². The maximum absolute atomic E-state index is 11.6. The first-order valence-electron chi connectivity index (χ1n) is 6.42. The lowest BCUT2D eigenvalue weighted by atomic mass is 10.3. The molecule has 0 radical (unpaired) electrons. The molecule has 6 nitrogen and oxygen atoms in total. The van der Waals surface area contributed by atoms with Crippen molar-refractivity contribution >= 4 is 28.7 Å². The van der Waals surface area contributed by atoms with Crippen LogP contribution in [0.1, 0.15) is 19.2 Å². The van der Waals surface area contributed by atoms with Gasteiger partial charge >= 0.3 is 0 Å². The molecule has 2 rings (SSSR count). The monoisotopic (exact) mass is 296 g/mol. The minimum Gasteiger partial charge on any atom is -0.481 e. The Morgan fingerprint density at radius 2 is 2.25 bits per heavy atom. The number of methoxy groups -OCH3 is 1. The van der Waals surface area contributed by atoms with Crippen LogP contribution in [-0.4, -0.2) is 34.1 Å². The van der Waals surface area contributed by atoms with Gasteiger partial charge < -0.3 is 14.6 Å². The van der Waals surface area contributed by atoms with E-state index >= 15 is 0 Å². The number of pyridine rings is 1. The van der Waals surface area contributed by atoms with Crippen LogP contribution in [0.5, 0.6) is 5.88 Å². The molecule has 0 fully saturated rings. The van der Waals surface area contributed by atoms with Crippen molar-refractivity contribution in [2.24, 2.45) is 0 Å². The summed E-state index contributed by atoms with van der Waals surface area (Å²) < 4.78 is 6.98. The molecule has 2 aromatic heterocycles. The van der Waals surface area contributed by atoms with Crippen LogP contribution in [0, 0.1) is 0 Å². The van der Waals surface area contributed by atoms with E-state index in [4.69, 9.17) is 16.3 Å². The van der Waals surface area contributed by atoms with Gasteiger partial charge in [0.15, 0.2) is 5.65 Å². The van der Waals surface area contributed by atoms with Crippen molar-refractivity contribution in [3.63, 3.8) is 0 Å². The Morgan fingerprint density at radius 3 is 2.90 bits per heavy atom. The number of alkyl halides is 1. The van der Waals surface area contributed by atoms with Gasteiger partial charge in [-0.1, -0.05) is 0 Å². The molecular formula is C13H17ClN4O2. The fourth-order valence-electron chi connectivity index (χ4n) is 1.98. The second-order valence-corrected chi connectivity index (χ2v) is 4.48. The highest BCUT2D eigenvalue weighted by atomic mass is 35.5. The summed E-state index contributed by atoms with van der Waals surface area (Å²) in [6, 6.07) is 3.58. The molecule has 2 heterocycles. The molecule has 108 valence electrons. The van der Waals surface area contributed by atoms with E-state index in [2.05, 4.69) is 15.3 Å². The van der Waals surface area contributed by atoms with Gasteiger partial charge in [0.25, 0.3) is 0 Å². The number of carbonyl (C=O) groups excluding carboxylic acids is 1. The summed E-state index contributed by atoms with van der Waals surface area (Å²) in [6.07, 6.45) is 0.363. The number of aromatic nitrogens is 3. The second-order valence-electron chi connectivity index (χ2n) is 4.21. The molecule has 0 aliphatic carbocycles. The molecule has 2 aromatic rings. The Morgan fingerprint density at radius 1 is 1.45 bits per heavy atom. The Balaban J connectivity index is 2.31. The number of fused-ring (bicyclic) bond motifs is 1. The van der Waals surface area contributed by atoms with Gasteiger partial charge in [-0.05, 0) is 13.0 Å². The Kier molecular flexibility index (Phi) is 4.79. The van der Waals surface area contributed by atoms with Crippen molar-refractivity contribution in [1.82, 2.24) is 19.9 Å². The third-order valence-corrected chi connectivity index (χ3v) is 3.15. The predicted molar refractivity (Wildman–Crippen MR) is 76.9 cm³/mol. The van der Waals surface area contributed by atoms with Gasteiger partial charge in [-0.3, -0.25) is 4.79 Å². The summed E-state index contributed by atoms with van der Waals surface area (Å²) in [5.41, 5.74) is 1.43. The number of aryl methyl sites for hydroxylation is 1. The van der Waals surface area contributed by atoms with Gasteiger partial charge in [-0.25, -0.2) is 4.98 Å². The lowest BCUT2D eigenvalue weighted by molar-refractivity contribution is -0.121. The number of nitrogens with zero attached hydrogens (tertiary/aromatic N) is 3. The van der Waals surface area contributed by atoms with Crippen LogP contribution in [-0.2, 0) is 17.2 Å². The maximum atomic E-state index is 11.6. The van der Waals surface area contributed by atoms with Gasteiger partial charge in [0, 0.05) is 25.6 Å². The number of amides is 1. The van der Waals surface area contributed by atoms with Crippen LogP contribution in [0.25, 0.3) is 11.2 Å². The molecule has 0 unspecified atom stereocenters. The van der Waals surface area contributed by atoms with E-state index in [-0.39, 0.29) is 11.8 Å². The third-order valence-electron chi connectivity index (χ3n) is 2.91.